The Morgan fingerprint density at radius 1 is 0.867 bits per heavy atom. The summed E-state index contributed by atoms with van der Waals surface area (Å²) in [5.41, 5.74) is 4.89. The van der Waals surface area contributed by atoms with Crippen LogP contribution in [-0.4, -0.2) is 17.9 Å². The molecular weight excluding hydrogens is 440 g/mol. The summed E-state index contributed by atoms with van der Waals surface area (Å²) in [6, 6.07) is 27.7. The molecule has 1 aromatic heterocycles. The van der Waals surface area contributed by atoms with Crippen LogP contribution in [0.2, 0.25) is 0 Å². The van der Waals surface area contributed by atoms with Gasteiger partial charge in [-0.1, -0.05) is 54.6 Å². The van der Waals surface area contributed by atoms with Crippen molar-refractivity contribution in [2.75, 3.05) is 7.11 Å². The zero-order valence-corrected chi connectivity index (χ0v) is 18.3. The number of methoxy groups -OCH3 is 1. The number of ketones is 1. The molecule has 30 heavy (non-hydrogen) atoms. The first kappa shape index (κ1) is 21.4. The number of Topliss-reactive ketones (excluding diaryl/α,β-unsaturated/α-hetero) is 1. The normalized spacial score (nSPS) is 10.2. The smallest absolute Gasteiger partial charge is 0.287 e. The van der Waals surface area contributed by atoms with Gasteiger partial charge < -0.3 is 4.74 Å². The lowest BCUT2D eigenvalue weighted by Gasteiger charge is -2.04. The van der Waals surface area contributed by atoms with Crippen LogP contribution < -0.4 is 9.30 Å². The van der Waals surface area contributed by atoms with Crippen LogP contribution in [0.3, 0.4) is 0 Å². The highest BCUT2D eigenvalue weighted by atomic mass is 79.9. The zero-order valence-electron chi connectivity index (χ0n) is 16.6. The molecule has 0 N–H and O–H groups in total. The second-order valence-electron chi connectivity index (χ2n) is 6.72. The fraction of sp³-hybridized carbons (Fsp3) is 0.0800. The third-order valence-electron chi connectivity index (χ3n) is 4.77. The maximum atomic E-state index is 12.5. The minimum Gasteiger partial charge on any atom is -0.497 e. The number of rotatable bonds is 6. The van der Waals surface area contributed by atoms with Gasteiger partial charge in [0, 0.05) is 17.2 Å². The largest absolute Gasteiger partial charge is 0.497 e. The molecule has 0 radical (unpaired) electrons. The van der Waals surface area contributed by atoms with Crippen LogP contribution in [0.15, 0.2) is 97.5 Å². The van der Waals surface area contributed by atoms with E-state index >= 15 is 0 Å². The van der Waals surface area contributed by atoms with Gasteiger partial charge in [-0.05, 0) is 40.4 Å². The third kappa shape index (κ3) is 4.99. The van der Waals surface area contributed by atoms with Gasteiger partial charge in [-0.25, -0.2) is 4.57 Å². The lowest BCUT2D eigenvalue weighted by Crippen LogP contribution is -2.37. The molecule has 4 rings (SSSR count). The summed E-state index contributed by atoms with van der Waals surface area (Å²) in [5, 5.41) is 0. The van der Waals surface area contributed by atoms with E-state index in [1.807, 2.05) is 42.6 Å². The predicted octanol–water partition coefficient (Wildman–Crippen LogP) is 5.17. The Kier molecular flexibility index (Phi) is 7.09. The first-order valence-corrected chi connectivity index (χ1v) is 9.41. The molecule has 1 heterocycles. The van der Waals surface area contributed by atoms with Crippen molar-refractivity contribution in [3.05, 3.63) is 103 Å². The molecule has 0 spiro atoms. The van der Waals surface area contributed by atoms with Crippen molar-refractivity contribution in [2.45, 2.75) is 6.54 Å². The van der Waals surface area contributed by atoms with Crippen LogP contribution in [0.5, 0.6) is 5.75 Å². The van der Waals surface area contributed by atoms with Crippen LogP contribution in [-0.2, 0) is 6.54 Å². The van der Waals surface area contributed by atoms with Crippen molar-refractivity contribution >= 4 is 22.8 Å². The van der Waals surface area contributed by atoms with Crippen molar-refractivity contribution in [3.8, 4) is 28.1 Å². The summed E-state index contributed by atoms with van der Waals surface area (Å²) < 4.78 is 6.97. The number of carbonyl (C=O) groups is 1. The van der Waals surface area contributed by atoms with Gasteiger partial charge in [-0.15, -0.1) is 17.0 Å². The molecule has 0 unspecified atom stereocenters. The first-order valence-electron chi connectivity index (χ1n) is 9.41. The Bertz CT molecular complexity index is 1110. The van der Waals surface area contributed by atoms with E-state index in [0.29, 0.717) is 11.3 Å². The predicted molar refractivity (Wildman–Crippen MR) is 123 cm³/mol. The fourth-order valence-corrected chi connectivity index (χ4v) is 3.17. The number of benzene rings is 3. The van der Waals surface area contributed by atoms with E-state index in [9.17, 15) is 4.79 Å². The van der Waals surface area contributed by atoms with Gasteiger partial charge in [0.25, 0.3) is 6.33 Å². The van der Waals surface area contributed by atoms with E-state index in [0.717, 1.165) is 11.3 Å². The van der Waals surface area contributed by atoms with Crippen LogP contribution in [0.4, 0.5) is 0 Å². The summed E-state index contributed by atoms with van der Waals surface area (Å²) in [5.74, 6) is 0.684. The summed E-state index contributed by atoms with van der Waals surface area (Å²) in [6.45, 7) is 0.230. The summed E-state index contributed by atoms with van der Waals surface area (Å²) in [4.78, 5) is 17.0. The second kappa shape index (κ2) is 9.94. The quantitative estimate of drug-likeness (QED) is 0.293. The topological polar surface area (TPSA) is 43.1 Å². The number of halogens is 1. The fourth-order valence-electron chi connectivity index (χ4n) is 3.17. The van der Waals surface area contributed by atoms with Gasteiger partial charge in [0.2, 0.25) is 5.78 Å². The lowest BCUT2D eigenvalue weighted by molar-refractivity contribution is -0.686. The molecule has 0 aliphatic carbocycles. The molecule has 0 saturated heterocycles. The van der Waals surface area contributed by atoms with Crippen molar-refractivity contribution in [1.82, 2.24) is 4.98 Å². The summed E-state index contributed by atoms with van der Waals surface area (Å²) in [7, 11) is 1.59. The van der Waals surface area contributed by atoms with E-state index in [4.69, 9.17) is 4.74 Å². The van der Waals surface area contributed by atoms with E-state index < -0.39 is 0 Å². The highest BCUT2D eigenvalue weighted by Crippen LogP contribution is 2.23. The number of carbonyl (C=O) groups excluding carboxylic acids is 1. The Morgan fingerprint density at radius 2 is 1.57 bits per heavy atom. The minimum absolute atomic E-state index is 0. The van der Waals surface area contributed by atoms with E-state index in [-0.39, 0.29) is 29.3 Å². The van der Waals surface area contributed by atoms with Gasteiger partial charge in [0.05, 0.1) is 13.3 Å². The van der Waals surface area contributed by atoms with E-state index in [1.54, 1.807) is 30.1 Å². The zero-order chi connectivity index (χ0) is 20.1. The molecule has 0 saturated carbocycles. The SMILES string of the molecule is Br.COc1cccc(C(=O)C[n+]2ccc(-c3ccc(-c4ccccc4)cc3)nc2)c1. The van der Waals surface area contributed by atoms with Gasteiger partial charge >= 0.3 is 0 Å². The Hall–Kier alpha value is -3.31. The van der Waals surface area contributed by atoms with Crippen LogP contribution >= 0.6 is 17.0 Å². The molecule has 0 aliphatic heterocycles. The molecular formula is C25H22BrN2O2+. The highest BCUT2D eigenvalue weighted by Gasteiger charge is 2.12. The molecule has 0 aliphatic rings. The molecule has 5 heteroatoms. The first-order chi connectivity index (χ1) is 14.2. The Balaban J connectivity index is 0.00000256. The summed E-state index contributed by atoms with van der Waals surface area (Å²) in [6.07, 6.45) is 3.57. The number of nitrogens with zero attached hydrogens (tertiary/aromatic N) is 2. The highest BCUT2D eigenvalue weighted by molar-refractivity contribution is 8.93. The maximum Gasteiger partial charge on any atom is 0.287 e. The van der Waals surface area contributed by atoms with E-state index in [1.165, 1.54) is 11.1 Å². The van der Waals surface area contributed by atoms with Crippen LogP contribution in [0, 0.1) is 0 Å². The van der Waals surface area contributed by atoms with Crippen molar-refractivity contribution in [1.29, 1.82) is 0 Å². The molecule has 0 atom stereocenters. The molecule has 150 valence electrons. The molecule has 0 amide bonds. The van der Waals surface area contributed by atoms with Gasteiger partial charge in [-0.2, -0.15) is 0 Å². The molecule has 0 fully saturated rings. The van der Waals surface area contributed by atoms with Crippen molar-refractivity contribution < 1.29 is 14.1 Å². The molecule has 0 bridgehead atoms. The number of hydrogen-bond acceptors (Lipinski definition) is 3. The average Bonchev–Trinajstić information content (AvgIpc) is 2.80. The van der Waals surface area contributed by atoms with Gasteiger partial charge in [0.1, 0.15) is 5.75 Å². The molecule has 3 aromatic carbocycles. The van der Waals surface area contributed by atoms with Crippen LogP contribution in [0.25, 0.3) is 22.4 Å². The van der Waals surface area contributed by atoms with Gasteiger partial charge in [-0.3, -0.25) is 4.79 Å². The third-order valence-corrected chi connectivity index (χ3v) is 4.77. The monoisotopic (exact) mass is 461 g/mol. The number of ether oxygens (including phenoxy) is 1. The van der Waals surface area contributed by atoms with Gasteiger partial charge in [0.15, 0.2) is 12.2 Å². The minimum atomic E-state index is 0. The summed E-state index contributed by atoms with van der Waals surface area (Å²) >= 11 is 0. The molecule has 4 nitrogen and oxygen atoms in total. The molecule has 4 aromatic rings. The second-order valence-corrected chi connectivity index (χ2v) is 6.72. The Labute approximate surface area is 186 Å². The average molecular weight is 462 g/mol. The number of hydrogen-bond donors (Lipinski definition) is 0. The number of aromatic nitrogens is 2. The lowest BCUT2D eigenvalue weighted by atomic mass is 10.0. The standard InChI is InChI=1S/C25H21N2O2.BrH/c1-29-23-9-5-8-22(16-23)25(28)17-27-15-14-24(26-18-27)21-12-10-20(11-13-21)19-6-3-2-4-7-19;/h2-16,18H,17H2,1H3;1H/q+1;. The van der Waals surface area contributed by atoms with Crippen LogP contribution in [0.1, 0.15) is 10.4 Å². The maximum absolute atomic E-state index is 12.5. The van der Waals surface area contributed by atoms with Crippen molar-refractivity contribution in [2.24, 2.45) is 0 Å². The van der Waals surface area contributed by atoms with E-state index in [2.05, 4.69) is 41.4 Å². The Morgan fingerprint density at radius 3 is 2.23 bits per heavy atom. The van der Waals surface area contributed by atoms with Crippen molar-refractivity contribution in [3.63, 3.8) is 0 Å².